The number of hydrogen-bond donors (Lipinski definition) is 0. The highest BCUT2D eigenvalue weighted by Gasteiger charge is 2.57. The van der Waals surface area contributed by atoms with Gasteiger partial charge in [-0.1, -0.05) is 44.2 Å². The lowest BCUT2D eigenvalue weighted by atomic mass is 9.69. The van der Waals surface area contributed by atoms with Crippen LogP contribution in [-0.4, -0.2) is 20.6 Å². The van der Waals surface area contributed by atoms with Crippen LogP contribution in [0.25, 0.3) is 0 Å². The molecule has 0 radical (unpaired) electrons. The summed E-state index contributed by atoms with van der Waals surface area (Å²) in [6.45, 7) is 3.72. The molecule has 3 nitrogen and oxygen atoms in total. The summed E-state index contributed by atoms with van der Waals surface area (Å²) in [6, 6.07) is 6.90. The molecule has 2 aliphatic heterocycles. The minimum Gasteiger partial charge on any atom is -0.262 e. The Morgan fingerprint density at radius 3 is 2.56 bits per heavy atom. The fourth-order valence-electron chi connectivity index (χ4n) is 4.29. The van der Waals surface area contributed by atoms with Crippen LogP contribution in [0.1, 0.15) is 25.8 Å². The molecule has 0 bridgehead atoms. The molecule has 1 aromatic rings. The van der Waals surface area contributed by atoms with Gasteiger partial charge < -0.3 is 0 Å². The number of rotatable bonds is 0. The summed E-state index contributed by atoms with van der Waals surface area (Å²) in [4.78, 5) is 0.0958. The lowest BCUT2D eigenvalue weighted by molar-refractivity contribution is -0.0939. The Balaban J connectivity index is 1.89. The van der Waals surface area contributed by atoms with Crippen LogP contribution in [0.3, 0.4) is 0 Å². The second-order valence-corrected chi connectivity index (χ2v) is 9.26. The highest BCUT2D eigenvalue weighted by Crippen LogP contribution is 2.55. The van der Waals surface area contributed by atoms with Crippen LogP contribution in [0.4, 0.5) is 18.9 Å². The van der Waals surface area contributed by atoms with E-state index in [4.69, 9.17) is 0 Å². The first-order valence-corrected chi connectivity index (χ1v) is 9.59. The number of benzene rings is 1. The molecule has 0 amide bonds. The summed E-state index contributed by atoms with van der Waals surface area (Å²) in [5.41, 5.74) is 0.259. The Bertz CT molecular complexity index is 912. The van der Waals surface area contributed by atoms with Crippen LogP contribution in [0, 0.1) is 11.3 Å². The first-order valence-electron chi connectivity index (χ1n) is 8.15. The van der Waals surface area contributed by atoms with Gasteiger partial charge in [-0.15, -0.1) is 0 Å². The SMILES string of the molecule is CC1(C)[C@@H]2C=C(C(F)(F)F)CC=C2S(=O)(=O)N2c3ccccc3C[C@@H]21. The Hall–Kier alpha value is -1.76. The maximum absolute atomic E-state index is 13.2. The van der Waals surface area contributed by atoms with Crippen LogP contribution in [0.2, 0.25) is 0 Å². The van der Waals surface area contributed by atoms with Crippen LogP contribution in [-0.2, 0) is 16.4 Å². The first-order chi connectivity index (χ1) is 11.5. The van der Waals surface area contributed by atoms with Crippen molar-refractivity contribution in [2.24, 2.45) is 11.3 Å². The van der Waals surface area contributed by atoms with Crippen LogP contribution < -0.4 is 4.31 Å². The third kappa shape index (κ3) is 2.21. The fourth-order valence-corrected chi connectivity index (χ4v) is 6.62. The topological polar surface area (TPSA) is 37.4 Å². The summed E-state index contributed by atoms with van der Waals surface area (Å²) in [7, 11) is -3.83. The number of halogens is 3. The summed E-state index contributed by atoms with van der Waals surface area (Å²) in [6.07, 6.45) is -1.93. The van der Waals surface area contributed by atoms with Gasteiger partial charge in [-0.05, 0) is 29.9 Å². The monoisotopic (exact) mass is 369 g/mol. The molecule has 134 valence electrons. The van der Waals surface area contributed by atoms with Crippen molar-refractivity contribution in [2.75, 3.05) is 4.31 Å². The van der Waals surface area contributed by atoms with Gasteiger partial charge in [-0.2, -0.15) is 13.2 Å². The van der Waals surface area contributed by atoms with E-state index < -0.39 is 39.5 Å². The molecule has 0 unspecified atom stereocenters. The van der Waals surface area contributed by atoms with E-state index in [9.17, 15) is 21.6 Å². The molecule has 1 saturated heterocycles. The smallest absolute Gasteiger partial charge is 0.262 e. The van der Waals surface area contributed by atoms with Crippen molar-refractivity contribution in [3.63, 3.8) is 0 Å². The molecule has 0 spiro atoms. The molecule has 1 aliphatic carbocycles. The zero-order chi connectivity index (χ0) is 18.2. The highest BCUT2D eigenvalue weighted by molar-refractivity contribution is 7.96. The van der Waals surface area contributed by atoms with Crippen molar-refractivity contribution in [3.8, 4) is 0 Å². The van der Waals surface area contributed by atoms with E-state index in [0.717, 1.165) is 11.6 Å². The summed E-state index contributed by atoms with van der Waals surface area (Å²) in [5, 5.41) is 0. The highest BCUT2D eigenvalue weighted by atomic mass is 32.2. The molecule has 1 aromatic carbocycles. The maximum Gasteiger partial charge on any atom is 0.412 e. The molecule has 4 rings (SSSR count). The molecule has 25 heavy (non-hydrogen) atoms. The zero-order valence-corrected chi connectivity index (χ0v) is 14.7. The quantitative estimate of drug-likeness (QED) is 0.644. The zero-order valence-electron chi connectivity index (χ0n) is 13.8. The lowest BCUT2D eigenvalue weighted by Gasteiger charge is -2.49. The number of sulfonamides is 1. The summed E-state index contributed by atoms with van der Waals surface area (Å²) in [5.74, 6) is -0.765. The van der Waals surface area contributed by atoms with Crippen LogP contribution >= 0.6 is 0 Å². The number of para-hydroxylation sites is 1. The van der Waals surface area contributed by atoms with E-state index >= 15 is 0 Å². The second-order valence-electron chi connectivity index (χ2n) is 7.45. The van der Waals surface area contributed by atoms with Crippen molar-refractivity contribution in [2.45, 2.75) is 38.9 Å². The predicted molar refractivity (Wildman–Crippen MR) is 89.4 cm³/mol. The maximum atomic E-state index is 13.2. The van der Waals surface area contributed by atoms with Gasteiger partial charge in [0.2, 0.25) is 0 Å². The van der Waals surface area contributed by atoms with Crippen molar-refractivity contribution < 1.29 is 21.6 Å². The Labute approximate surface area is 144 Å². The normalized spacial score (nSPS) is 29.2. The second kappa shape index (κ2) is 4.90. The van der Waals surface area contributed by atoms with E-state index in [1.54, 1.807) is 12.1 Å². The number of hydrogen-bond acceptors (Lipinski definition) is 2. The molecule has 1 fully saturated rings. The summed E-state index contributed by atoms with van der Waals surface area (Å²) < 4.78 is 67.3. The molecule has 2 heterocycles. The number of fused-ring (bicyclic) bond motifs is 4. The largest absolute Gasteiger partial charge is 0.412 e. The van der Waals surface area contributed by atoms with Crippen LogP contribution in [0.5, 0.6) is 0 Å². The van der Waals surface area contributed by atoms with Crippen molar-refractivity contribution in [3.05, 3.63) is 52.5 Å². The van der Waals surface area contributed by atoms with Gasteiger partial charge in [0, 0.05) is 11.5 Å². The molecule has 3 aliphatic rings. The van der Waals surface area contributed by atoms with Crippen molar-refractivity contribution in [1.29, 1.82) is 0 Å². The summed E-state index contributed by atoms with van der Waals surface area (Å²) >= 11 is 0. The molecule has 0 N–H and O–H groups in total. The molecule has 0 saturated carbocycles. The number of alkyl halides is 3. The third-order valence-electron chi connectivity index (χ3n) is 5.70. The minimum absolute atomic E-state index is 0.0958. The number of allylic oxidation sites excluding steroid dienone is 4. The van der Waals surface area contributed by atoms with Gasteiger partial charge in [-0.25, -0.2) is 8.42 Å². The van der Waals surface area contributed by atoms with Gasteiger partial charge >= 0.3 is 6.18 Å². The van der Waals surface area contributed by atoms with Gasteiger partial charge in [-0.3, -0.25) is 4.31 Å². The standard InChI is InChI=1S/C18H18F3NO2S/c1-17(2)13-10-12(18(19,20)21)7-8-15(13)25(23,24)22-14-6-4-3-5-11(14)9-16(17)22/h3-6,8,10,13,16H,7,9H2,1-2H3/t13-,16-/m1/s1. The number of nitrogens with zero attached hydrogens (tertiary/aromatic N) is 1. The molecule has 0 aromatic heterocycles. The van der Waals surface area contributed by atoms with E-state index in [2.05, 4.69) is 0 Å². The molecule has 7 heteroatoms. The van der Waals surface area contributed by atoms with E-state index in [-0.39, 0.29) is 10.9 Å². The molecular weight excluding hydrogens is 351 g/mol. The Morgan fingerprint density at radius 2 is 1.88 bits per heavy atom. The minimum atomic E-state index is -4.43. The average molecular weight is 369 g/mol. The van der Waals surface area contributed by atoms with E-state index in [1.807, 2.05) is 26.0 Å². The van der Waals surface area contributed by atoms with Gasteiger partial charge in [0.15, 0.2) is 0 Å². The lowest BCUT2D eigenvalue weighted by Crippen LogP contribution is -2.56. The first kappa shape index (κ1) is 16.7. The average Bonchev–Trinajstić information content (AvgIpc) is 2.94. The van der Waals surface area contributed by atoms with Crippen molar-refractivity contribution in [1.82, 2.24) is 0 Å². The predicted octanol–water partition coefficient (Wildman–Crippen LogP) is 4.18. The van der Waals surface area contributed by atoms with Gasteiger partial charge in [0.25, 0.3) is 10.0 Å². The van der Waals surface area contributed by atoms with Gasteiger partial charge in [0.1, 0.15) is 0 Å². The fraction of sp³-hybridized carbons (Fsp3) is 0.444. The molecule has 2 atom stereocenters. The van der Waals surface area contributed by atoms with Crippen LogP contribution in [0.15, 0.2) is 46.9 Å². The Morgan fingerprint density at radius 1 is 1.20 bits per heavy atom. The van der Waals surface area contributed by atoms with E-state index in [1.165, 1.54) is 10.4 Å². The Kier molecular flexibility index (Phi) is 3.27. The van der Waals surface area contributed by atoms with Crippen molar-refractivity contribution >= 4 is 15.7 Å². The number of anilines is 1. The third-order valence-corrected chi connectivity index (χ3v) is 7.69. The van der Waals surface area contributed by atoms with E-state index in [0.29, 0.717) is 12.1 Å². The van der Waals surface area contributed by atoms with Gasteiger partial charge in [0.05, 0.1) is 16.6 Å². The molecular formula is C18H18F3NO2S.